The van der Waals surface area contributed by atoms with Gasteiger partial charge >= 0.3 is 0 Å². The summed E-state index contributed by atoms with van der Waals surface area (Å²) in [6.07, 6.45) is 0.902. The lowest BCUT2D eigenvalue weighted by Gasteiger charge is -1.99. The van der Waals surface area contributed by atoms with Crippen molar-refractivity contribution >= 4 is 0 Å². The first-order valence-corrected chi connectivity index (χ1v) is 4.16. The molecule has 0 bridgehead atoms. The van der Waals surface area contributed by atoms with Crippen molar-refractivity contribution in [2.24, 2.45) is 5.73 Å². The van der Waals surface area contributed by atoms with E-state index in [1.165, 1.54) is 0 Å². The summed E-state index contributed by atoms with van der Waals surface area (Å²) in [5.74, 6) is 1.80. The van der Waals surface area contributed by atoms with Crippen LogP contribution in [0.5, 0.6) is 0 Å². The Balaban J connectivity index is 2.15. The van der Waals surface area contributed by atoms with Crippen LogP contribution in [0.4, 0.5) is 0 Å². The maximum atomic E-state index is 5.31. The smallest absolute Gasteiger partial charge is 0.129 e. The van der Waals surface area contributed by atoms with Crippen molar-refractivity contribution in [2.75, 3.05) is 13.2 Å². The van der Waals surface area contributed by atoms with Crippen LogP contribution in [0, 0.1) is 6.92 Å². The van der Waals surface area contributed by atoms with Crippen LogP contribution >= 0.6 is 0 Å². The highest BCUT2D eigenvalue weighted by molar-refractivity contribution is 5.04. The van der Waals surface area contributed by atoms with Crippen molar-refractivity contribution in [3.8, 4) is 0 Å². The molecule has 0 amide bonds. The van der Waals surface area contributed by atoms with Gasteiger partial charge in [0.2, 0.25) is 0 Å². The summed E-state index contributed by atoms with van der Waals surface area (Å²) in [5.41, 5.74) is 5.31. The SMILES string of the molecule is Cc1ccc(COCCCN)o1. The minimum atomic E-state index is 0.549. The number of nitrogens with two attached hydrogens (primary N) is 1. The molecule has 0 saturated carbocycles. The van der Waals surface area contributed by atoms with Crippen LogP contribution in [0.1, 0.15) is 17.9 Å². The molecule has 12 heavy (non-hydrogen) atoms. The molecule has 3 heteroatoms. The second kappa shape index (κ2) is 4.95. The molecule has 0 fully saturated rings. The topological polar surface area (TPSA) is 48.4 Å². The summed E-state index contributed by atoms with van der Waals surface area (Å²) in [4.78, 5) is 0. The van der Waals surface area contributed by atoms with E-state index < -0.39 is 0 Å². The van der Waals surface area contributed by atoms with Gasteiger partial charge in [-0.05, 0) is 32.0 Å². The highest BCUT2D eigenvalue weighted by Gasteiger charge is 1.97. The molecule has 0 spiro atoms. The van der Waals surface area contributed by atoms with Crippen molar-refractivity contribution in [1.29, 1.82) is 0 Å². The zero-order valence-electron chi connectivity index (χ0n) is 7.38. The van der Waals surface area contributed by atoms with Gasteiger partial charge in [-0.1, -0.05) is 0 Å². The monoisotopic (exact) mass is 169 g/mol. The first kappa shape index (κ1) is 9.29. The Labute approximate surface area is 72.5 Å². The molecule has 1 aromatic heterocycles. The number of aryl methyl sites for hydroxylation is 1. The van der Waals surface area contributed by atoms with E-state index in [1.807, 2.05) is 19.1 Å². The minimum Gasteiger partial charge on any atom is -0.464 e. The third-order valence-corrected chi connectivity index (χ3v) is 1.53. The van der Waals surface area contributed by atoms with E-state index in [2.05, 4.69) is 0 Å². The standard InChI is InChI=1S/C9H15NO2/c1-8-3-4-9(12-8)7-11-6-2-5-10/h3-4H,2,5-7,10H2,1H3. The fraction of sp³-hybridized carbons (Fsp3) is 0.556. The molecule has 3 nitrogen and oxygen atoms in total. The van der Waals surface area contributed by atoms with Crippen molar-refractivity contribution in [2.45, 2.75) is 20.0 Å². The highest BCUT2D eigenvalue weighted by atomic mass is 16.5. The number of hydrogen-bond acceptors (Lipinski definition) is 3. The van der Waals surface area contributed by atoms with Gasteiger partial charge < -0.3 is 14.9 Å². The van der Waals surface area contributed by atoms with Gasteiger partial charge in [0.15, 0.2) is 0 Å². The quantitative estimate of drug-likeness (QED) is 0.679. The van der Waals surface area contributed by atoms with Crippen LogP contribution in [-0.2, 0) is 11.3 Å². The largest absolute Gasteiger partial charge is 0.464 e. The summed E-state index contributed by atoms with van der Waals surface area (Å²) in [5, 5.41) is 0. The summed E-state index contributed by atoms with van der Waals surface area (Å²) in [6, 6.07) is 3.86. The van der Waals surface area contributed by atoms with Crippen LogP contribution < -0.4 is 5.73 Å². The maximum Gasteiger partial charge on any atom is 0.129 e. The van der Waals surface area contributed by atoms with Crippen LogP contribution in [0.2, 0.25) is 0 Å². The van der Waals surface area contributed by atoms with Gasteiger partial charge in [0.05, 0.1) is 0 Å². The fourth-order valence-electron chi connectivity index (χ4n) is 0.921. The zero-order valence-corrected chi connectivity index (χ0v) is 7.38. The van der Waals surface area contributed by atoms with Crippen LogP contribution in [0.25, 0.3) is 0 Å². The average Bonchev–Trinajstić information content (AvgIpc) is 2.45. The second-order valence-corrected chi connectivity index (χ2v) is 2.71. The Hall–Kier alpha value is -0.800. The van der Waals surface area contributed by atoms with Gasteiger partial charge in [0.1, 0.15) is 18.1 Å². The molecule has 0 aliphatic heterocycles. The van der Waals surface area contributed by atoms with Crippen LogP contribution in [-0.4, -0.2) is 13.2 Å². The highest BCUT2D eigenvalue weighted by Crippen LogP contribution is 2.07. The van der Waals surface area contributed by atoms with E-state index in [0.717, 1.165) is 17.9 Å². The van der Waals surface area contributed by atoms with Crippen LogP contribution in [0.15, 0.2) is 16.5 Å². The Kier molecular flexibility index (Phi) is 3.84. The van der Waals surface area contributed by atoms with E-state index in [1.54, 1.807) is 0 Å². The first-order valence-electron chi connectivity index (χ1n) is 4.16. The Bertz CT molecular complexity index is 220. The molecule has 0 aromatic carbocycles. The minimum absolute atomic E-state index is 0.549. The Morgan fingerprint density at radius 2 is 2.33 bits per heavy atom. The third-order valence-electron chi connectivity index (χ3n) is 1.53. The average molecular weight is 169 g/mol. The fourth-order valence-corrected chi connectivity index (χ4v) is 0.921. The van der Waals surface area contributed by atoms with Gasteiger partial charge in [-0.3, -0.25) is 0 Å². The number of hydrogen-bond donors (Lipinski definition) is 1. The van der Waals surface area contributed by atoms with Crippen molar-refractivity contribution in [3.63, 3.8) is 0 Å². The van der Waals surface area contributed by atoms with Gasteiger partial charge in [-0.25, -0.2) is 0 Å². The number of ether oxygens (including phenoxy) is 1. The van der Waals surface area contributed by atoms with Crippen LogP contribution in [0.3, 0.4) is 0 Å². The number of rotatable bonds is 5. The predicted molar refractivity (Wildman–Crippen MR) is 46.8 cm³/mol. The lowest BCUT2D eigenvalue weighted by molar-refractivity contribution is 0.105. The predicted octanol–water partition coefficient (Wildman–Crippen LogP) is 1.45. The van der Waals surface area contributed by atoms with Crippen molar-refractivity contribution in [1.82, 2.24) is 0 Å². The summed E-state index contributed by atoms with van der Waals surface area (Å²) < 4.78 is 10.6. The van der Waals surface area contributed by atoms with E-state index in [4.69, 9.17) is 14.9 Å². The Morgan fingerprint density at radius 3 is 2.92 bits per heavy atom. The van der Waals surface area contributed by atoms with E-state index in [-0.39, 0.29) is 0 Å². The summed E-state index contributed by atoms with van der Waals surface area (Å²) in [7, 11) is 0. The molecule has 0 aliphatic rings. The summed E-state index contributed by atoms with van der Waals surface area (Å²) >= 11 is 0. The third kappa shape index (κ3) is 3.07. The molecule has 1 heterocycles. The zero-order chi connectivity index (χ0) is 8.81. The molecule has 0 atom stereocenters. The molecule has 2 N–H and O–H groups in total. The molecule has 0 aliphatic carbocycles. The molecular weight excluding hydrogens is 154 g/mol. The van der Waals surface area contributed by atoms with Gasteiger partial charge in [-0.15, -0.1) is 0 Å². The Morgan fingerprint density at radius 1 is 1.50 bits per heavy atom. The first-order chi connectivity index (χ1) is 5.83. The van der Waals surface area contributed by atoms with Crippen molar-refractivity contribution in [3.05, 3.63) is 23.7 Å². The lowest BCUT2D eigenvalue weighted by atomic mass is 10.4. The van der Waals surface area contributed by atoms with Crippen molar-refractivity contribution < 1.29 is 9.15 Å². The van der Waals surface area contributed by atoms with E-state index in [0.29, 0.717) is 19.8 Å². The molecule has 68 valence electrons. The van der Waals surface area contributed by atoms with Gasteiger partial charge in [0.25, 0.3) is 0 Å². The summed E-state index contributed by atoms with van der Waals surface area (Å²) in [6.45, 7) is 3.85. The molecule has 1 aromatic rings. The molecule has 0 radical (unpaired) electrons. The van der Waals surface area contributed by atoms with Gasteiger partial charge in [-0.2, -0.15) is 0 Å². The van der Waals surface area contributed by atoms with Gasteiger partial charge in [0, 0.05) is 6.61 Å². The normalized spacial score (nSPS) is 10.5. The van der Waals surface area contributed by atoms with E-state index in [9.17, 15) is 0 Å². The second-order valence-electron chi connectivity index (χ2n) is 2.71. The lowest BCUT2D eigenvalue weighted by Crippen LogP contribution is -2.03. The van der Waals surface area contributed by atoms with E-state index >= 15 is 0 Å². The molecule has 1 rings (SSSR count). The molecular formula is C9H15NO2. The molecule has 0 unspecified atom stereocenters. The number of furan rings is 1. The maximum absolute atomic E-state index is 5.31. The molecule has 0 saturated heterocycles.